The van der Waals surface area contributed by atoms with Crippen molar-refractivity contribution in [2.75, 3.05) is 0 Å². The molecule has 0 aliphatic heterocycles. The third kappa shape index (κ3) is 3.95. The van der Waals surface area contributed by atoms with Gasteiger partial charge in [-0.3, -0.25) is 0 Å². The summed E-state index contributed by atoms with van der Waals surface area (Å²) in [4.78, 5) is 0. The lowest BCUT2D eigenvalue weighted by atomic mass is 10.0. The van der Waals surface area contributed by atoms with Crippen LogP contribution in [0.4, 0.5) is 0 Å². The first-order valence-corrected chi connectivity index (χ1v) is 5.74. The maximum Gasteiger partial charge on any atom is -0.0279 e. The fraction of sp³-hybridized carbons (Fsp3) is 0.500. The van der Waals surface area contributed by atoms with E-state index in [1.165, 1.54) is 36.8 Å². The molecule has 1 radical (unpaired) electrons. The van der Waals surface area contributed by atoms with Crippen molar-refractivity contribution in [3.05, 3.63) is 42.3 Å². The van der Waals surface area contributed by atoms with E-state index in [4.69, 9.17) is 0 Å². The van der Waals surface area contributed by atoms with Gasteiger partial charge in [-0.2, -0.15) is 0 Å². The lowest BCUT2D eigenvalue weighted by Crippen LogP contribution is -1.88. The summed E-state index contributed by atoms with van der Waals surface area (Å²) >= 11 is 0. The van der Waals surface area contributed by atoms with E-state index < -0.39 is 0 Å². The first-order chi connectivity index (χ1) is 6.86. The Hall–Kier alpha value is -0.780. The third-order valence-corrected chi connectivity index (χ3v) is 2.62. The largest absolute Gasteiger partial charge is 0.0617 e. The minimum absolute atomic E-state index is 1.08. The van der Waals surface area contributed by atoms with Crippen molar-refractivity contribution in [3.8, 4) is 0 Å². The topological polar surface area (TPSA) is 0 Å². The molecule has 1 aromatic carbocycles. The summed E-state index contributed by atoms with van der Waals surface area (Å²) < 4.78 is 0. The summed E-state index contributed by atoms with van der Waals surface area (Å²) in [6.45, 7) is 6.07. The summed E-state index contributed by atoms with van der Waals surface area (Å²) in [6, 6.07) is 8.96. The summed E-state index contributed by atoms with van der Waals surface area (Å²) in [5.74, 6) is 0. The molecule has 0 aliphatic carbocycles. The average Bonchev–Trinajstić information content (AvgIpc) is 2.25. The summed E-state index contributed by atoms with van der Waals surface area (Å²) in [5.41, 5.74) is 2.95. The molecule has 0 spiro atoms. The maximum absolute atomic E-state index is 3.86. The van der Waals surface area contributed by atoms with E-state index >= 15 is 0 Å². The van der Waals surface area contributed by atoms with Crippen LogP contribution in [-0.4, -0.2) is 0 Å². The zero-order valence-electron chi connectivity index (χ0n) is 9.26. The average molecular weight is 189 g/mol. The number of hydrogen-bond donors (Lipinski definition) is 0. The highest BCUT2D eigenvalue weighted by molar-refractivity contribution is 5.23. The van der Waals surface area contributed by atoms with E-state index in [0.29, 0.717) is 0 Å². The van der Waals surface area contributed by atoms with Gasteiger partial charge in [0.15, 0.2) is 0 Å². The van der Waals surface area contributed by atoms with Crippen LogP contribution >= 0.6 is 0 Å². The minimum Gasteiger partial charge on any atom is -0.0617 e. The van der Waals surface area contributed by atoms with Crippen LogP contribution in [0.5, 0.6) is 0 Å². The van der Waals surface area contributed by atoms with Crippen LogP contribution in [0.1, 0.15) is 43.7 Å². The van der Waals surface area contributed by atoms with Crippen LogP contribution in [0.15, 0.2) is 24.3 Å². The van der Waals surface area contributed by atoms with Crippen LogP contribution in [0.2, 0.25) is 0 Å². The van der Waals surface area contributed by atoms with Crippen LogP contribution in [-0.2, 0) is 12.8 Å². The molecule has 0 fully saturated rings. The molecule has 0 nitrogen and oxygen atoms in total. The molecule has 1 rings (SSSR count). The van der Waals surface area contributed by atoms with Crippen LogP contribution in [0.3, 0.4) is 0 Å². The molecular weight excluding hydrogens is 168 g/mol. The maximum atomic E-state index is 3.86. The second kappa shape index (κ2) is 6.64. The van der Waals surface area contributed by atoms with Crippen molar-refractivity contribution >= 4 is 0 Å². The van der Waals surface area contributed by atoms with Crippen molar-refractivity contribution in [1.29, 1.82) is 0 Å². The Kier molecular flexibility index (Phi) is 5.36. The Morgan fingerprint density at radius 1 is 1.07 bits per heavy atom. The molecule has 0 heterocycles. The van der Waals surface area contributed by atoms with E-state index in [1.807, 2.05) is 0 Å². The molecule has 0 heteroatoms. The van der Waals surface area contributed by atoms with Gasteiger partial charge in [-0.25, -0.2) is 0 Å². The molecule has 1 aromatic rings. The molecule has 0 N–H and O–H groups in total. The van der Waals surface area contributed by atoms with Gasteiger partial charge in [0.1, 0.15) is 0 Å². The second-order valence-corrected chi connectivity index (χ2v) is 3.84. The number of rotatable bonds is 6. The van der Waals surface area contributed by atoms with Gasteiger partial charge < -0.3 is 0 Å². The van der Waals surface area contributed by atoms with Gasteiger partial charge in [0.05, 0.1) is 0 Å². The lowest BCUT2D eigenvalue weighted by molar-refractivity contribution is 0.685. The predicted octanol–water partition coefficient (Wildman–Crippen LogP) is 4.19. The van der Waals surface area contributed by atoms with Crippen molar-refractivity contribution in [1.82, 2.24) is 0 Å². The summed E-state index contributed by atoms with van der Waals surface area (Å²) in [6.07, 6.45) is 7.35. The zero-order chi connectivity index (χ0) is 10.2. The number of unbranched alkanes of at least 4 members (excludes halogenated alkanes) is 3. The van der Waals surface area contributed by atoms with E-state index in [1.54, 1.807) is 0 Å². The zero-order valence-corrected chi connectivity index (χ0v) is 9.26. The van der Waals surface area contributed by atoms with Crippen LogP contribution < -0.4 is 0 Å². The first-order valence-electron chi connectivity index (χ1n) is 5.74. The van der Waals surface area contributed by atoms with Crippen molar-refractivity contribution in [2.45, 2.75) is 45.4 Å². The van der Waals surface area contributed by atoms with Crippen molar-refractivity contribution in [2.24, 2.45) is 0 Å². The fourth-order valence-electron chi connectivity index (χ4n) is 1.69. The molecule has 0 saturated heterocycles. The van der Waals surface area contributed by atoms with Crippen molar-refractivity contribution < 1.29 is 0 Å². The lowest BCUT2D eigenvalue weighted by Gasteiger charge is -2.03. The first kappa shape index (κ1) is 11.3. The number of benzene rings is 1. The Morgan fingerprint density at radius 2 is 1.86 bits per heavy atom. The highest BCUT2D eigenvalue weighted by Gasteiger charge is 1.94. The van der Waals surface area contributed by atoms with Gasteiger partial charge in [-0.1, -0.05) is 57.4 Å². The molecule has 0 aromatic heterocycles. The smallest absolute Gasteiger partial charge is 0.0279 e. The highest BCUT2D eigenvalue weighted by atomic mass is 14.0. The third-order valence-electron chi connectivity index (χ3n) is 2.62. The Morgan fingerprint density at radius 3 is 2.57 bits per heavy atom. The van der Waals surface area contributed by atoms with Crippen molar-refractivity contribution in [3.63, 3.8) is 0 Å². The molecule has 0 bridgehead atoms. The van der Waals surface area contributed by atoms with E-state index in [-0.39, 0.29) is 0 Å². The van der Waals surface area contributed by atoms with Gasteiger partial charge in [0.2, 0.25) is 0 Å². The molecule has 0 unspecified atom stereocenters. The molecule has 0 amide bonds. The Labute approximate surface area is 88.4 Å². The molecule has 14 heavy (non-hydrogen) atoms. The normalized spacial score (nSPS) is 10.4. The standard InChI is InChI=1S/C14H21/c1-3-5-6-7-9-14-11-8-10-13(4-2)12-14/h8,10-12H,1,3-7,9H2,2H3. The molecule has 0 aliphatic rings. The molecule has 0 saturated carbocycles. The Bertz CT molecular complexity index is 250. The highest BCUT2D eigenvalue weighted by Crippen LogP contribution is 2.10. The number of aryl methyl sites for hydroxylation is 2. The predicted molar refractivity (Wildman–Crippen MR) is 63.3 cm³/mol. The fourth-order valence-corrected chi connectivity index (χ4v) is 1.69. The van der Waals surface area contributed by atoms with Gasteiger partial charge in [-0.15, -0.1) is 0 Å². The second-order valence-electron chi connectivity index (χ2n) is 3.84. The summed E-state index contributed by atoms with van der Waals surface area (Å²) in [5, 5.41) is 0. The van der Waals surface area contributed by atoms with Crippen LogP contribution in [0, 0.1) is 6.92 Å². The van der Waals surface area contributed by atoms with E-state index in [9.17, 15) is 0 Å². The molecular formula is C14H21. The minimum atomic E-state index is 1.08. The van der Waals surface area contributed by atoms with Gasteiger partial charge in [0.25, 0.3) is 0 Å². The van der Waals surface area contributed by atoms with Gasteiger partial charge in [0, 0.05) is 0 Å². The van der Waals surface area contributed by atoms with E-state index in [2.05, 4.69) is 38.1 Å². The van der Waals surface area contributed by atoms with Crippen LogP contribution in [0.25, 0.3) is 0 Å². The SMILES string of the molecule is [CH2]CCCCCc1cccc(CC)c1. The van der Waals surface area contributed by atoms with Gasteiger partial charge >= 0.3 is 0 Å². The van der Waals surface area contributed by atoms with Gasteiger partial charge in [-0.05, 0) is 30.4 Å². The van der Waals surface area contributed by atoms with E-state index in [0.717, 1.165) is 12.8 Å². The Balaban J connectivity index is 2.34. The molecule has 0 atom stereocenters. The summed E-state index contributed by atoms with van der Waals surface area (Å²) in [7, 11) is 0. The number of hydrogen-bond acceptors (Lipinski definition) is 0. The monoisotopic (exact) mass is 189 g/mol. The molecule has 77 valence electrons. The quantitative estimate of drug-likeness (QED) is 0.589.